The Morgan fingerprint density at radius 1 is 1.56 bits per heavy atom. The summed E-state index contributed by atoms with van der Waals surface area (Å²) >= 11 is 0. The van der Waals surface area contributed by atoms with Crippen LogP contribution < -0.4 is 5.44 Å². The molecule has 0 spiro atoms. The topological polar surface area (TPSA) is 73.3 Å². The second kappa shape index (κ2) is 1.99. The van der Waals surface area contributed by atoms with Crippen LogP contribution in [0.4, 0.5) is 0 Å². The zero-order chi connectivity index (χ0) is 6.91. The first-order chi connectivity index (χ1) is 4.11. The van der Waals surface area contributed by atoms with Gasteiger partial charge in [0.1, 0.15) is 5.44 Å². The average Bonchev–Trinajstić information content (AvgIpc) is 2.08. The molecule has 0 aliphatic rings. The van der Waals surface area contributed by atoms with Gasteiger partial charge in [0.05, 0.1) is 0 Å². The van der Waals surface area contributed by atoms with Crippen molar-refractivity contribution >= 4 is 13.0 Å². The Bertz CT molecular complexity index is 224. The van der Waals surface area contributed by atoms with E-state index in [0.717, 1.165) is 0 Å². The van der Waals surface area contributed by atoms with Gasteiger partial charge in [-0.25, -0.2) is 0 Å². The number of H-pyrrole nitrogens is 1. The van der Waals surface area contributed by atoms with Crippen LogP contribution in [-0.2, 0) is 4.57 Å². The van der Waals surface area contributed by atoms with E-state index < -0.39 is 7.60 Å². The van der Waals surface area contributed by atoms with Gasteiger partial charge in [0.15, 0.2) is 0 Å². The SMILES string of the molecule is O=P(O)(O)c1ccc[nH]1. The second-order valence-corrected chi connectivity index (χ2v) is 3.17. The number of hydrogen-bond acceptors (Lipinski definition) is 1. The van der Waals surface area contributed by atoms with E-state index in [-0.39, 0.29) is 5.44 Å². The molecule has 4 nitrogen and oxygen atoms in total. The maximum Gasteiger partial charge on any atom is 0.372 e. The van der Waals surface area contributed by atoms with Crippen LogP contribution in [-0.4, -0.2) is 14.8 Å². The highest BCUT2D eigenvalue weighted by Gasteiger charge is 2.16. The highest BCUT2D eigenvalue weighted by atomic mass is 31.2. The molecule has 0 aliphatic carbocycles. The third kappa shape index (κ3) is 1.42. The largest absolute Gasteiger partial charge is 0.372 e. The molecule has 0 unspecified atom stereocenters. The molecule has 3 N–H and O–H groups in total. The third-order valence-corrected chi connectivity index (χ3v) is 1.80. The van der Waals surface area contributed by atoms with E-state index >= 15 is 0 Å². The summed E-state index contributed by atoms with van der Waals surface area (Å²) < 4.78 is 10.4. The normalized spacial score (nSPS) is 11.8. The Balaban J connectivity index is 3.04. The lowest BCUT2D eigenvalue weighted by Gasteiger charge is -1.96. The van der Waals surface area contributed by atoms with Crippen LogP contribution in [0.25, 0.3) is 0 Å². The van der Waals surface area contributed by atoms with Gasteiger partial charge in [-0.1, -0.05) is 0 Å². The van der Waals surface area contributed by atoms with E-state index in [1.807, 2.05) is 0 Å². The Hall–Kier alpha value is -0.570. The summed E-state index contributed by atoms with van der Waals surface area (Å²) in [5, 5.41) is 0. The monoisotopic (exact) mass is 147 g/mol. The van der Waals surface area contributed by atoms with Gasteiger partial charge >= 0.3 is 7.60 Å². The Labute approximate surface area is 51.7 Å². The van der Waals surface area contributed by atoms with Gasteiger partial charge in [-0.3, -0.25) is 4.57 Å². The van der Waals surface area contributed by atoms with E-state index in [0.29, 0.717) is 0 Å². The molecule has 1 rings (SSSR count). The van der Waals surface area contributed by atoms with Crippen molar-refractivity contribution in [2.75, 3.05) is 0 Å². The number of aromatic nitrogens is 1. The zero-order valence-corrected chi connectivity index (χ0v) is 5.38. The van der Waals surface area contributed by atoms with Crippen molar-refractivity contribution in [3.8, 4) is 0 Å². The van der Waals surface area contributed by atoms with Gasteiger partial charge in [0, 0.05) is 6.20 Å². The lowest BCUT2D eigenvalue weighted by Crippen LogP contribution is -2.02. The summed E-state index contributed by atoms with van der Waals surface area (Å²) in [4.78, 5) is 19.3. The lowest BCUT2D eigenvalue weighted by atomic mass is 10.7. The van der Waals surface area contributed by atoms with E-state index in [4.69, 9.17) is 9.79 Å². The van der Waals surface area contributed by atoms with Gasteiger partial charge in [0.25, 0.3) is 0 Å². The quantitative estimate of drug-likeness (QED) is 0.482. The standard InChI is InChI=1S/C4H6NO3P/c6-9(7,8)4-2-1-3-5-4/h1-3,5H,(H2,6,7,8). The molecular weight excluding hydrogens is 141 g/mol. The molecule has 0 aromatic carbocycles. The highest BCUT2D eigenvalue weighted by Crippen LogP contribution is 2.31. The molecule has 1 heterocycles. The molecule has 0 amide bonds. The van der Waals surface area contributed by atoms with Crippen LogP contribution in [0.5, 0.6) is 0 Å². The average molecular weight is 147 g/mol. The molecule has 1 aromatic rings. The van der Waals surface area contributed by atoms with Crippen molar-refractivity contribution < 1.29 is 14.4 Å². The van der Waals surface area contributed by atoms with Crippen molar-refractivity contribution in [1.29, 1.82) is 0 Å². The molecule has 0 saturated heterocycles. The van der Waals surface area contributed by atoms with E-state index in [1.54, 1.807) is 0 Å². The molecule has 0 fully saturated rings. The van der Waals surface area contributed by atoms with Crippen molar-refractivity contribution in [3.63, 3.8) is 0 Å². The molecule has 0 bridgehead atoms. The molecular formula is C4H6NO3P. The van der Waals surface area contributed by atoms with E-state index in [2.05, 4.69) is 4.98 Å². The second-order valence-electron chi connectivity index (χ2n) is 1.60. The van der Waals surface area contributed by atoms with Gasteiger partial charge < -0.3 is 14.8 Å². The van der Waals surface area contributed by atoms with Crippen molar-refractivity contribution in [2.24, 2.45) is 0 Å². The molecule has 0 aliphatic heterocycles. The first-order valence-electron chi connectivity index (χ1n) is 2.30. The predicted octanol–water partition coefficient (Wildman–Crippen LogP) is -0.182. The van der Waals surface area contributed by atoms with Gasteiger partial charge in [0.2, 0.25) is 0 Å². The minimum Gasteiger partial charge on any atom is -0.355 e. The first-order valence-corrected chi connectivity index (χ1v) is 3.91. The van der Waals surface area contributed by atoms with Crippen molar-refractivity contribution in [3.05, 3.63) is 18.3 Å². The van der Waals surface area contributed by atoms with Gasteiger partial charge in [-0.2, -0.15) is 0 Å². The number of rotatable bonds is 1. The molecule has 50 valence electrons. The fourth-order valence-corrected chi connectivity index (χ4v) is 1.03. The van der Waals surface area contributed by atoms with Crippen LogP contribution in [0.1, 0.15) is 0 Å². The maximum atomic E-state index is 10.4. The van der Waals surface area contributed by atoms with E-state index in [1.165, 1.54) is 18.3 Å². The highest BCUT2D eigenvalue weighted by molar-refractivity contribution is 7.60. The van der Waals surface area contributed by atoms with Crippen molar-refractivity contribution in [1.82, 2.24) is 4.98 Å². The van der Waals surface area contributed by atoms with E-state index in [9.17, 15) is 4.57 Å². The predicted molar refractivity (Wildman–Crippen MR) is 32.5 cm³/mol. The Morgan fingerprint density at radius 2 is 2.22 bits per heavy atom. The van der Waals surface area contributed by atoms with Crippen molar-refractivity contribution in [2.45, 2.75) is 0 Å². The van der Waals surface area contributed by atoms with Crippen LogP contribution >= 0.6 is 7.60 Å². The zero-order valence-electron chi connectivity index (χ0n) is 4.48. The molecule has 5 heteroatoms. The molecule has 0 radical (unpaired) electrons. The Kier molecular flexibility index (Phi) is 1.45. The summed E-state index contributed by atoms with van der Waals surface area (Å²) in [6.45, 7) is 0. The van der Waals surface area contributed by atoms with Gasteiger partial charge in [-0.15, -0.1) is 0 Å². The third-order valence-electron chi connectivity index (χ3n) is 0.895. The molecule has 1 aromatic heterocycles. The summed E-state index contributed by atoms with van der Waals surface area (Å²) in [6, 6.07) is 2.88. The summed E-state index contributed by atoms with van der Waals surface area (Å²) in [6.07, 6.45) is 1.47. The lowest BCUT2D eigenvalue weighted by molar-refractivity contribution is 0.386. The minimum absolute atomic E-state index is 0.0394. The summed E-state index contributed by atoms with van der Waals surface area (Å²) in [7, 11) is -4.03. The first kappa shape index (κ1) is 6.55. The molecule has 0 atom stereocenters. The minimum atomic E-state index is -4.03. The molecule has 0 saturated carbocycles. The van der Waals surface area contributed by atoms with Crippen LogP contribution in [0.2, 0.25) is 0 Å². The number of hydrogen-bond donors (Lipinski definition) is 3. The number of aromatic amines is 1. The fourth-order valence-electron chi connectivity index (χ4n) is 0.502. The van der Waals surface area contributed by atoms with Gasteiger partial charge in [-0.05, 0) is 12.1 Å². The summed E-state index contributed by atoms with van der Waals surface area (Å²) in [5.74, 6) is 0. The van der Waals surface area contributed by atoms with Crippen LogP contribution in [0.15, 0.2) is 18.3 Å². The fraction of sp³-hybridized carbons (Fsp3) is 0. The van der Waals surface area contributed by atoms with Crippen LogP contribution in [0.3, 0.4) is 0 Å². The molecule has 9 heavy (non-hydrogen) atoms. The Morgan fingerprint density at radius 3 is 2.44 bits per heavy atom. The smallest absolute Gasteiger partial charge is 0.355 e. The maximum absolute atomic E-state index is 10.4. The van der Waals surface area contributed by atoms with Crippen LogP contribution in [0, 0.1) is 0 Å². The number of nitrogens with one attached hydrogen (secondary N) is 1. The summed E-state index contributed by atoms with van der Waals surface area (Å²) in [5.41, 5.74) is -0.0394.